The van der Waals surface area contributed by atoms with Crippen LogP contribution in [0, 0.1) is 5.92 Å². The first-order valence-corrected chi connectivity index (χ1v) is 6.41. The van der Waals surface area contributed by atoms with Crippen LogP contribution in [-0.4, -0.2) is 23.0 Å². The van der Waals surface area contributed by atoms with Crippen molar-refractivity contribution < 1.29 is 0 Å². The van der Waals surface area contributed by atoms with Crippen LogP contribution in [-0.2, 0) is 0 Å². The Morgan fingerprint density at radius 1 is 1.14 bits per heavy atom. The fourth-order valence-electron chi connectivity index (χ4n) is 3.08. The van der Waals surface area contributed by atoms with E-state index in [1.807, 2.05) is 0 Å². The zero-order chi connectivity index (χ0) is 10.2. The van der Waals surface area contributed by atoms with Gasteiger partial charge in [-0.1, -0.05) is 26.7 Å². The van der Waals surface area contributed by atoms with Crippen molar-refractivity contribution >= 4 is 0 Å². The second-order valence-corrected chi connectivity index (χ2v) is 5.75. The van der Waals surface area contributed by atoms with Gasteiger partial charge in [-0.2, -0.15) is 0 Å². The molecule has 1 aliphatic heterocycles. The molecule has 0 radical (unpaired) electrons. The minimum absolute atomic E-state index is 0.503. The lowest BCUT2D eigenvalue weighted by molar-refractivity contribution is -0.0370. The third kappa shape index (κ3) is 1.60. The van der Waals surface area contributed by atoms with Gasteiger partial charge in [-0.05, 0) is 45.1 Å². The summed E-state index contributed by atoms with van der Waals surface area (Å²) < 4.78 is 0. The van der Waals surface area contributed by atoms with Gasteiger partial charge >= 0.3 is 0 Å². The molecule has 2 rings (SSSR count). The minimum atomic E-state index is 0.503. The van der Waals surface area contributed by atoms with Crippen LogP contribution in [0.25, 0.3) is 0 Å². The zero-order valence-corrected chi connectivity index (χ0v) is 10.1. The molecule has 0 N–H and O–H groups in total. The van der Waals surface area contributed by atoms with Crippen LogP contribution in [0.4, 0.5) is 0 Å². The lowest BCUT2D eigenvalue weighted by Crippen LogP contribution is -2.58. The summed E-state index contributed by atoms with van der Waals surface area (Å²) in [6, 6.07) is 0.933. The fraction of sp³-hybridized carbons (Fsp3) is 1.00. The third-order valence-corrected chi connectivity index (χ3v) is 4.75. The molecule has 0 amide bonds. The maximum atomic E-state index is 2.84. The van der Waals surface area contributed by atoms with Gasteiger partial charge in [0.1, 0.15) is 0 Å². The first-order chi connectivity index (χ1) is 6.64. The van der Waals surface area contributed by atoms with E-state index in [9.17, 15) is 0 Å². The molecule has 1 saturated heterocycles. The molecular formula is C13H25N. The summed E-state index contributed by atoms with van der Waals surface area (Å²) in [7, 11) is 0. The molecule has 1 heterocycles. The van der Waals surface area contributed by atoms with Gasteiger partial charge < -0.3 is 0 Å². The molecule has 1 saturated carbocycles. The highest BCUT2D eigenvalue weighted by Crippen LogP contribution is 2.40. The monoisotopic (exact) mass is 195 g/mol. The molecule has 1 atom stereocenters. The Morgan fingerprint density at radius 3 is 2.36 bits per heavy atom. The topological polar surface area (TPSA) is 3.24 Å². The molecule has 82 valence electrons. The van der Waals surface area contributed by atoms with Crippen molar-refractivity contribution in [1.82, 2.24) is 4.90 Å². The molecule has 1 nitrogen and oxygen atoms in total. The van der Waals surface area contributed by atoms with Crippen LogP contribution >= 0.6 is 0 Å². The summed E-state index contributed by atoms with van der Waals surface area (Å²) in [5, 5.41) is 0. The van der Waals surface area contributed by atoms with Gasteiger partial charge in [0.25, 0.3) is 0 Å². The second-order valence-electron chi connectivity index (χ2n) is 5.75. The first kappa shape index (κ1) is 10.5. The largest absolute Gasteiger partial charge is 0.295 e. The van der Waals surface area contributed by atoms with Crippen molar-refractivity contribution in [3.63, 3.8) is 0 Å². The smallest absolute Gasteiger partial charge is 0.0207 e. The van der Waals surface area contributed by atoms with E-state index >= 15 is 0 Å². The molecule has 0 aromatic heterocycles. The summed E-state index contributed by atoms with van der Waals surface area (Å²) in [4.78, 5) is 2.84. The van der Waals surface area contributed by atoms with E-state index in [2.05, 4.69) is 25.7 Å². The van der Waals surface area contributed by atoms with Crippen molar-refractivity contribution in [3.8, 4) is 0 Å². The van der Waals surface area contributed by atoms with Crippen LogP contribution in [0.2, 0.25) is 0 Å². The quantitative estimate of drug-likeness (QED) is 0.652. The lowest BCUT2D eigenvalue weighted by Gasteiger charge is -2.54. The number of rotatable bonds is 2. The number of piperidine rings is 1. The summed E-state index contributed by atoms with van der Waals surface area (Å²) in [5.41, 5.74) is 0.503. The molecule has 1 unspecified atom stereocenters. The number of hydrogen-bond acceptors (Lipinski definition) is 1. The molecule has 0 spiro atoms. The van der Waals surface area contributed by atoms with Crippen molar-refractivity contribution in [2.45, 2.75) is 70.9 Å². The number of hydrogen-bond donors (Lipinski definition) is 0. The molecule has 2 fully saturated rings. The van der Waals surface area contributed by atoms with E-state index in [-0.39, 0.29) is 0 Å². The number of likely N-dealkylation sites (tertiary alicyclic amines) is 1. The first-order valence-electron chi connectivity index (χ1n) is 6.41. The average molecular weight is 195 g/mol. The van der Waals surface area contributed by atoms with Gasteiger partial charge in [-0.3, -0.25) is 4.90 Å². The molecule has 0 aromatic rings. The predicted octanol–water partition coefficient (Wildman–Crippen LogP) is 3.44. The average Bonchev–Trinajstić information content (AvgIpc) is 2.05. The van der Waals surface area contributed by atoms with Crippen LogP contribution in [0.1, 0.15) is 59.3 Å². The van der Waals surface area contributed by atoms with Crippen molar-refractivity contribution in [2.24, 2.45) is 5.92 Å². The highest BCUT2D eigenvalue weighted by atomic mass is 15.2. The van der Waals surface area contributed by atoms with E-state index in [0.29, 0.717) is 5.54 Å². The van der Waals surface area contributed by atoms with Gasteiger partial charge in [-0.25, -0.2) is 0 Å². The predicted molar refractivity (Wildman–Crippen MR) is 61.4 cm³/mol. The summed E-state index contributed by atoms with van der Waals surface area (Å²) in [6.45, 7) is 8.66. The Hall–Kier alpha value is -0.0400. The van der Waals surface area contributed by atoms with Crippen molar-refractivity contribution in [1.29, 1.82) is 0 Å². The Balaban J connectivity index is 2.09. The molecule has 2 aliphatic rings. The van der Waals surface area contributed by atoms with Gasteiger partial charge in [0.15, 0.2) is 0 Å². The maximum absolute atomic E-state index is 2.84. The second kappa shape index (κ2) is 3.84. The van der Waals surface area contributed by atoms with Crippen molar-refractivity contribution in [3.05, 3.63) is 0 Å². The summed E-state index contributed by atoms with van der Waals surface area (Å²) >= 11 is 0. The molecular weight excluding hydrogens is 170 g/mol. The molecule has 14 heavy (non-hydrogen) atoms. The Bertz CT molecular complexity index is 195. The minimum Gasteiger partial charge on any atom is -0.295 e. The van der Waals surface area contributed by atoms with Crippen LogP contribution in [0.3, 0.4) is 0 Å². The molecule has 0 bridgehead atoms. The molecule has 0 aromatic carbocycles. The van der Waals surface area contributed by atoms with E-state index in [1.165, 1.54) is 45.1 Å². The van der Waals surface area contributed by atoms with Crippen molar-refractivity contribution in [2.75, 3.05) is 6.54 Å². The third-order valence-electron chi connectivity index (χ3n) is 4.75. The van der Waals surface area contributed by atoms with Gasteiger partial charge in [0.2, 0.25) is 0 Å². The van der Waals surface area contributed by atoms with Gasteiger partial charge in [0, 0.05) is 11.6 Å². The standard InChI is InChI=1S/C13H25N/c1-11(2)13(3)9-4-5-10-14(13)12-7-6-8-12/h11-12H,4-10H2,1-3H3. The highest BCUT2D eigenvalue weighted by Gasteiger charge is 2.41. The summed E-state index contributed by atoms with van der Waals surface area (Å²) in [5.74, 6) is 0.809. The molecule has 1 heteroatoms. The Morgan fingerprint density at radius 2 is 1.86 bits per heavy atom. The normalized spacial score (nSPS) is 36.0. The lowest BCUT2D eigenvalue weighted by atomic mass is 9.75. The number of nitrogens with zero attached hydrogens (tertiary/aromatic N) is 1. The Labute approximate surface area is 88.9 Å². The maximum Gasteiger partial charge on any atom is 0.0207 e. The van der Waals surface area contributed by atoms with E-state index in [0.717, 1.165) is 12.0 Å². The zero-order valence-electron chi connectivity index (χ0n) is 10.1. The van der Waals surface area contributed by atoms with Gasteiger partial charge in [0.05, 0.1) is 0 Å². The van der Waals surface area contributed by atoms with E-state index in [1.54, 1.807) is 0 Å². The summed E-state index contributed by atoms with van der Waals surface area (Å²) in [6.07, 6.45) is 8.68. The van der Waals surface area contributed by atoms with Crippen LogP contribution < -0.4 is 0 Å². The Kier molecular flexibility index (Phi) is 2.88. The van der Waals surface area contributed by atoms with Crippen LogP contribution in [0.15, 0.2) is 0 Å². The SMILES string of the molecule is CC(C)C1(C)CCCCN1C1CCC1. The molecule has 1 aliphatic carbocycles. The van der Waals surface area contributed by atoms with Crippen LogP contribution in [0.5, 0.6) is 0 Å². The van der Waals surface area contributed by atoms with E-state index < -0.39 is 0 Å². The highest BCUT2D eigenvalue weighted by molar-refractivity contribution is 4.97. The van der Waals surface area contributed by atoms with E-state index in [4.69, 9.17) is 0 Å². The van der Waals surface area contributed by atoms with Gasteiger partial charge in [-0.15, -0.1) is 0 Å². The fourth-order valence-corrected chi connectivity index (χ4v) is 3.08.